The lowest BCUT2D eigenvalue weighted by Crippen LogP contribution is -2.40. The maximum atomic E-state index is 9.70. The molecule has 1 saturated carbocycles. The smallest absolute Gasteiger partial charge is 0.0695 e. The molecule has 1 N–H and O–H groups in total. The number of aliphatic hydroxyl groups excluding tert-OH is 1. The van der Waals surface area contributed by atoms with E-state index in [-0.39, 0.29) is 6.10 Å². The lowest BCUT2D eigenvalue weighted by molar-refractivity contribution is 0.0846. The molecule has 0 aliphatic heterocycles. The quantitative estimate of drug-likeness (QED) is 0.651. The maximum Gasteiger partial charge on any atom is 0.0695 e. The molecule has 1 aliphatic rings. The van der Waals surface area contributed by atoms with Crippen molar-refractivity contribution in [3.8, 4) is 0 Å². The van der Waals surface area contributed by atoms with Gasteiger partial charge in [0.25, 0.3) is 0 Å². The van der Waals surface area contributed by atoms with E-state index in [0.717, 1.165) is 32.4 Å². The summed E-state index contributed by atoms with van der Waals surface area (Å²) in [6.45, 7) is 9.13. The van der Waals surface area contributed by atoms with E-state index >= 15 is 0 Å². The molecule has 1 rings (SSSR count). The number of nitrogens with zero attached hydrogens (tertiary/aromatic N) is 1. The molecule has 74 valence electrons. The highest BCUT2D eigenvalue weighted by molar-refractivity contribution is 4.90. The molecule has 0 aromatic carbocycles. The predicted molar refractivity (Wildman–Crippen MR) is 55.6 cm³/mol. The summed E-state index contributed by atoms with van der Waals surface area (Å²) in [6, 6.07) is 0.316. The summed E-state index contributed by atoms with van der Waals surface area (Å²) in [6.07, 6.45) is 6.79. The number of hydrogen-bond acceptors (Lipinski definition) is 2. The van der Waals surface area contributed by atoms with Crippen molar-refractivity contribution in [2.24, 2.45) is 0 Å². The van der Waals surface area contributed by atoms with Gasteiger partial charge in [-0.05, 0) is 19.3 Å². The minimum absolute atomic E-state index is 0.153. The van der Waals surface area contributed by atoms with Crippen LogP contribution in [-0.2, 0) is 0 Å². The molecule has 0 aromatic rings. The molecule has 13 heavy (non-hydrogen) atoms. The van der Waals surface area contributed by atoms with E-state index in [1.807, 2.05) is 12.2 Å². The summed E-state index contributed by atoms with van der Waals surface area (Å²) in [4.78, 5) is 2.23. The Morgan fingerprint density at radius 2 is 1.85 bits per heavy atom. The molecule has 0 amide bonds. The molecule has 2 atom stereocenters. The second kappa shape index (κ2) is 5.20. The average molecular weight is 181 g/mol. The van der Waals surface area contributed by atoms with Gasteiger partial charge in [0.2, 0.25) is 0 Å². The van der Waals surface area contributed by atoms with E-state index in [9.17, 15) is 5.11 Å². The van der Waals surface area contributed by atoms with E-state index in [0.29, 0.717) is 6.04 Å². The van der Waals surface area contributed by atoms with Gasteiger partial charge in [0, 0.05) is 19.1 Å². The topological polar surface area (TPSA) is 23.5 Å². The Hall–Kier alpha value is -0.600. The van der Waals surface area contributed by atoms with Gasteiger partial charge in [0.05, 0.1) is 6.10 Å². The molecule has 1 fully saturated rings. The van der Waals surface area contributed by atoms with Gasteiger partial charge in [-0.1, -0.05) is 12.2 Å². The minimum atomic E-state index is -0.153. The van der Waals surface area contributed by atoms with Crippen molar-refractivity contribution in [2.45, 2.75) is 31.4 Å². The summed E-state index contributed by atoms with van der Waals surface area (Å²) in [5.41, 5.74) is 0. The molecular formula is C11H19NO. The summed E-state index contributed by atoms with van der Waals surface area (Å²) in [7, 11) is 0. The van der Waals surface area contributed by atoms with Crippen LogP contribution in [0.4, 0.5) is 0 Å². The van der Waals surface area contributed by atoms with Crippen LogP contribution in [0.15, 0.2) is 25.3 Å². The first-order valence-corrected chi connectivity index (χ1v) is 4.93. The molecule has 0 spiro atoms. The first-order chi connectivity index (χ1) is 6.29. The Morgan fingerprint density at radius 1 is 1.23 bits per heavy atom. The number of hydrogen-bond donors (Lipinski definition) is 1. The molecule has 0 bridgehead atoms. The van der Waals surface area contributed by atoms with Gasteiger partial charge in [0.1, 0.15) is 0 Å². The van der Waals surface area contributed by atoms with Crippen LogP contribution in [0, 0.1) is 0 Å². The normalized spacial score (nSPS) is 27.8. The van der Waals surface area contributed by atoms with Gasteiger partial charge in [-0.25, -0.2) is 0 Å². The zero-order valence-corrected chi connectivity index (χ0v) is 8.15. The highest BCUT2D eigenvalue weighted by Crippen LogP contribution is 2.23. The zero-order chi connectivity index (χ0) is 9.68. The predicted octanol–water partition coefficient (Wildman–Crippen LogP) is 1.57. The summed E-state index contributed by atoms with van der Waals surface area (Å²) in [5, 5.41) is 9.70. The molecular weight excluding hydrogens is 162 g/mol. The number of rotatable bonds is 5. The Balaban J connectivity index is 2.51. The van der Waals surface area contributed by atoms with E-state index < -0.39 is 0 Å². The third kappa shape index (κ3) is 2.68. The van der Waals surface area contributed by atoms with Crippen molar-refractivity contribution < 1.29 is 5.11 Å². The Labute approximate surface area is 80.6 Å². The van der Waals surface area contributed by atoms with Crippen LogP contribution in [0.3, 0.4) is 0 Å². The lowest BCUT2D eigenvalue weighted by atomic mass is 10.2. The van der Waals surface area contributed by atoms with Crippen molar-refractivity contribution in [1.82, 2.24) is 4.90 Å². The molecule has 0 heterocycles. The maximum absolute atomic E-state index is 9.70. The standard InChI is InChI=1S/C11H19NO/c1-3-8-12(9-4-2)10-6-5-7-11(10)13/h3-4,10-11,13H,1-2,5-9H2/t10-,11-/m0/s1. The largest absolute Gasteiger partial charge is 0.391 e. The monoisotopic (exact) mass is 181 g/mol. The Bertz CT molecular complexity index is 169. The summed E-state index contributed by atoms with van der Waals surface area (Å²) in [5.74, 6) is 0. The first-order valence-electron chi connectivity index (χ1n) is 4.93. The van der Waals surface area contributed by atoms with E-state index in [1.54, 1.807) is 0 Å². The van der Waals surface area contributed by atoms with Crippen LogP contribution in [0.5, 0.6) is 0 Å². The van der Waals surface area contributed by atoms with E-state index in [1.165, 1.54) is 0 Å². The second-order valence-corrected chi connectivity index (χ2v) is 3.60. The molecule has 0 unspecified atom stereocenters. The van der Waals surface area contributed by atoms with Crippen LogP contribution in [0.2, 0.25) is 0 Å². The van der Waals surface area contributed by atoms with Crippen LogP contribution in [0.25, 0.3) is 0 Å². The zero-order valence-electron chi connectivity index (χ0n) is 8.15. The molecule has 0 saturated heterocycles. The fourth-order valence-electron chi connectivity index (χ4n) is 2.02. The van der Waals surface area contributed by atoms with E-state index in [4.69, 9.17) is 0 Å². The van der Waals surface area contributed by atoms with Gasteiger partial charge >= 0.3 is 0 Å². The first kappa shape index (κ1) is 10.5. The fourth-order valence-corrected chi connectivity index (χ4v) is 2.02. The lowest BCUT2D eigenvalue weighted by Gasteiger charge is -2.28. The third-order valence-electron chi connectivity index (χ3n) is 2.64. The molecule has 0 aromatic heterocycles. The third-order valence-corrected chi connectivity index (χ3v) is 2.64. The molecule has 1 aliphatic carbocycles. The molecule has 2 nitrogen and oxygen atoms in total. The second-order valence-electron chi connectivity index (χ2n) is 3.60. The van der Waals surface area contributed by atoms with Crippen molar-refractivity contribution in [3.05, 3.63) is 25.3 Å². The van der Waals surface area contributed by atoms with Crippen molar-refractivity contribution in [1.29, 1.82) is 0 Å². The summed E-state index contributed by atoms with van der Waals surface area (Å²) >= 11 is 0. The summed E-state index contributed by atoms with van der Waals surface area (Å²) < 4.78 is 0. The minimum Gasteiger partial charge on any atom is -0.391 e. The van der Waals surface area contributed by atoms with E-state index in [2.05, 4.69) is 18.1 Å². The van der Waals surface area contributed by atoms with Crippen LogP contribution < -0.4 is 0 Å². The van der Waals surface area contributed by atoms with Crippen molar-refractivity contribution in [3.63, 3.8) is 0 Å². The highest BCUT2D eigenvalue weighted by Gasteiger charge is 2.29. The van der Waals surface area contributed by atoms with Gasteiger partial charge in [-0.15, -0.1) is 13.2 Å². The molecule has 2 heteroatoms. The number of aliphatic hydroxyl groups is 1. The van der Waals surface area contributed by atoms with Crippen molar-refractivity contribution >= 4 is 0 Å². The van der Waals surface area contributed by atoms with Crippen molar-refractivity contribution in [2.75, 3.05) is 13.1 Å². The van der Waals surface area contributed by atoms with Gasteiger partial charge in [-0.2, -0.15) is 0 Å². The van der Waals surface area contributed by atoms with Gasteiger partial charge in [-0.3, -0.25) is 4.90 Å². The Morgan fingerprint density at radius 3 is 2.23 bits per heavy atom. The van der Waals surface area contributed by atoms with Crippen LogP contribution in [0.1, 0.15) is 19.3 Å². The Kier molecular flexibility index (Phi) is 4.19. The van der Waals surface area contributed by atoms with Gasteiger partial charge in [0.15, 0.2) is 0 Å². The van der Waals surface area contributed by atoms with Crippen LogP contribution >= 0.6 is 0 Å². The highest BCUT2D eigenvalue weighted by atomic mass is 16.3. The van der Waals surface area contributed by atoms with Gasteiger partial charge < -0.3 is 5.11 Å². The molecule has 0 radical (unpaired) electrons. The average Bonchev–Trinajstić information content (AvgIpc) is 2.51. The SMILES string of the molecule is C=CCN(CC=C)[C@H]1CCC[C@@H]1O. The fraction of sp³-hybridized carbons (Fsp3) is 0.636. The van der Waals surface area contributed by atoms with Crippen LogP contribution in [-0.4, -0.2) is 35.2 Å².